The molecule has 0 radical (unpaired) electrons. The highest BCUT2D eigenvalue weighted by atomic mass is 35.5. The Labute approximate surface area is 167 Å². The number of aromatic nitrogens is 2. The summed E-state index contributed by atoms with van der Waals surface area (Å²) in [6.45, 7) is 4.76. The lowest BCUT2D eigenvalue weighted by molar-refractivity contribution is 0.0906. The maximum absolute atomic E-state index is 12.4. The molecular formula is C19H19Cl2N3O3. The van der Waals surface area contributed by atoms with Crippen LogP contribution in [0, 0.1) is 0 Å². The second-order valence-corrected chi connectivity index (χ2v) is 6.66. The van der Waals surface area contributed by atoms with Gasteiger partial charge in [0.25, 0.3) is 5.91 Å². The van der Waals surface area contributed by atoms with Crippen LogP contribution in [-0.4, -0.2) is 15.7 Å². The minimum absolute atomic E-state index is 0.130. The normalized spacial score (nSPS) is 12.0. The van der Waals surface area contributed by atoms with E-state index in [2.05, 4.69) is 10.4 Å². The predicted octanol–water partition coefficient (Wildman–Crippen LogP) is 4.87. The van der Waals surface area contributed by atoms with Crippen LogP contribution >= 0.6 is 23.2 Å². The molecule has 142 valence electrons. The van der Waals surface area contributed by atoms with Crippen LogP contribution in [0.2, 0.25) is 10.0 Å². The Morgan fingerprint density at radius 2 is 2.11 bits per heavy atom. The van der Waals surface area contributed by atoms with Crippen molar-refractivity contribution in [2.24, 2.45) is 0 Å². The van der Waals surface area contributed by atoms with E-state index < -0.39 is 0 Å². The molecule has 2 heterocycles. The number of nitrogens with zero attached hydrogens (tertiary/aromatic N) is 2. The van der Waals surface area contributed by atoms with Crippen molar-refractivity contribution in [1.82, 2.24) is 15.1 Å². The van der Waals surface area contributed by atoms with Gasteiger partial charge in [0.05, 0.1) is 16.8 Å². The summed E-state index contributed by atoms with van der Waals surface area (Å²) < 4.78 is 13.0. The molecule has 0 bridgehead atoms. The van der Waals surface area contributed by atoms with E-state index in [1.165, 1.54) is 0 Å². The smallest absolute Gasteiger partial charge is 0.287 e. The molecule has 0 fully saturated rings. The zero-order valence-electron chi connectivity index (χ0n) is 14.9. The minimum Gasteiger partial charge on any atom is -0.484 e. The fraction of sp³-hybridized carbons (Fsp3) is 0.263. The summed E-state index contributed by atoms with van der Waals surface area (Å²) in [6.07, 6.45) is 1.71. The second kappa shape index (κ2) is 8.50. The Morgan fingerprint density at radius 1 is 1.30 bits per heavy atom. The fourth-order valence-corrected chi connectivity index (χ4v) is 2.98. The number of amides is 1. The summed E-state index contributed by atoms with van der Waals surface area (Å²) in [7, 11) is 0. The van der Waals surface area contributed by atoms with Gasteiger partial charge in [-0.15, -0.1) is 0 Å². The number of benzene rings is 1. The highest BCUT2D eigenvalue weighted by molar-refractivity contribution is 6.42. The quantitative estimate of drug-likeness (QED) is 0.606. The molecule has 1 amide bonds. The number of hydrogen-bond donors (Lipinski definition) is 1. The molecule has 1 N–H and O–H groups in total. The molecule has 2 aromatic heterocycles. The van der Waals surface area contributed by atoms with Crippen molar-refractivity contribution in [3.05, 3.63) is 69.9 Å². The summed E-state index contributed by atoms with van der Waals surface area (Å²) >= 11 is 12.0. The number of hydrogen-bond acceptors (Lipinski definition) is 4. The van der Waals surface area contributed by atoms with E-state index in [4.69, 9.17) is 32.4 Å². The first-order valence-electron chi connectivity index (χ1n) is 8.47. The highest BCUT2D eigenvalue weighted by Gasteiger charge is 2.17. The average molecular weight is 408 g/mol. The van der Waals surface area contributed by atoms with Gasteiger partial charge in [0, 0.05) is 12.7 Å². The first kappa shape index (κ1) is 19.3. The van der Waals surface area contributed by atoms with Crippen LogP contribution < -0.4 is 10.1 Å². The Kier molecular flexibility index (Phi) is 6.08. The van der Waals surface area contributed by atoms with Gasteiger partial charge in [-0.2, -0.15) is 5.10 Å². The van der Waals surface area contributed by atoms with E-state index in [1.54, 1.807) is 36.5 Å². The fourth-order valence-electron chi connectivity index (χ4n) is 2.64. The van der Waals surface area contributed by atoms with Crippen molar-refractivity contribution in [1.29, 1.82) is 0 Å². The van der Waals surface area contributed by atoms with Crippen LogP contribution in [0.4, 0.5) is 0 Å². The Hall–Kier alpha value is -2.44. The van der Waals surface area contributed by atoms with Crippen molar-refractivity contribution in [2.45, 2.75) is 33.0 Å². The number of carbonyl (C=O) groups is 1. The summed E-state index contributed by atoms with van der Waals surface area (Å²) in [5.41, 5.74) is 0.927. The molecule has 0 aliphatic rings. The molecule has 1 atom stereocenters. The van der Waals surface area contributed by atoms with Gasteiger partial charge in [-0.1, -0.05) is 29.3 Å². The van der Waals surface area contributed by atoms with Gasteiger partial charge in [-0.3, -0.25) is 9.48 Å². The Morgan fingerprint density at radius 3 is 2.89 bits per heavy atom. The number of carbonyl (C=O) groups excluding carboxylic acids is 1. The third-order valence-corrected chi connectivity index (χ3v) is 4.81. The van der Waals surface area contributed by atoms with Gasteiger partial charge >= 0.3 is 0 Å². The van der Waals surface area contributed by atoms with Gasteiger partial charge in [-0.25, -0.2) is 0 Å². The van der Waals surface area contributed by atoms with Gasteiger partial charge in [0.15, 0.2) is 5.76 Å². The molecule has 3 aromatic rings. The van der Waals surface area contributed by atoms with Crippen molar-refractivity contribution in [3.8, 4) is 5.75 Å². The zero-order chi connectivity index (χ0) is 19.4. The van der Waals surface area contributed by atoms with Crippen molar-refractivity contribution >= 4 is 29.1 Å². The largest absolute Gasteiger partial charge is 0.484 e. The molecule has 0 spiro atoms. The molecule has 1 unspecified atom stereocenters. The van der Waals surface area contributed by atoms with E-state index in [0.717, 1.165) is 12.2 Å². The van der Waals surface area contributed by atoms with Crippen molar-refractivity contribution < 1.29 is 13.9 Å². The maximum Gasteiger partial charge on any atom is 0.287 e. The standard InChI is InChI=1S/C19H19Cl2N3O3/c1-3-24-15(9-10-22-24)12(2)23-19(25)17-8-7-13(27-17)11-26-16-6-4-5-14(20)18(16)21/h4-10,12H,3,11H2,1-2H3,(H,23,25). The molecule has 0 saturated heterocycles. The van der Waals surface area contributed by atoms with Crippen LogP contribution in [0.1, 0.15) is 41.9 Å². The van der Waals surface area contributed by atoms with Gasteiger partial charge in [0.2, 0.25) is 0 Å². The van der Waals surface area contributed by atoms with E-state index in [9.17, 15) is 4.79 Å². The van der Waals surface area contributed by atoms with Gasteiger partial charge in [0.1, 0.15) is 23.1 Å². The number of halogens is 2. The van der Waals surface area contributed by atoms with Crippen LogP contribution in [-0.2, 0) is 13.2 Å². The SMILES string of the molecule is CCn1nccc1C(C)NC(=O)c1ccc(COc2cccc(Cl)c2Cl)o1. The number of furan rings is 1. The molecular weight excluding hydrogens is 389 g/mol. The highest BCUT2D eigenvalue weighted by Crippen LogP contribution is 2.32. The minimum atomic E-state index is -0.307. The van der Waals surface area contributed by atoms with Crippen molar-refractivity contribution in [3.63, 3.8) is 0 Å². The molecule has 0 saturated carbocycles. The number of nitrogens with one attached hydrogen (secondary N) is 1. The first-order valence-corrected chi connectivity index (χ1v) is 9.23. The van der Waals surface area contributed by atoms with Gasteiger partial charge < -0.3 is 14.5 Å². The molecule has 0 aliphatic heterocycles. The van der Waals surface area contributed by atoms with E-state index in [-0.39, 0.29) is 24.3 Å². The Bertz CT molecular complexity index is 936. The summed E-state index contributed by atoms with van der Waals surface area (Å²) in [5, 5.41) is 7.86. The second-order valence-electron chi connectivity index (χ2n) is 5.87. The Balaban J connectivity index is 1.61. The van der Waals surface area contributed by atoms with E-state index in [1.807, 2.05) is 24.6 Å². The summed E-state index contributed by atoms with van der Waals surface area (Å²) in [6, 6.07) is 10.1. The van der Waals surface area contributed by atoms with Crippen LogP contribution in [0.3, 0.4) is 0 Å². The lowest BCUT2D eigenvalue weighted by Crippen LogP contribution is -2.28. The molecule has 27 heavy (non-hydrogen) atoms. The predicted molar refractivity (Wildman–Crippen MR) is 103 cm³/mol. The van der Waals surface area contributed by atoms with Crippen LogP contribution in [0.15, 0.2) is 47.0 Å². The molecule has 6 nitrogen and oxygen atoms in total. The van der Waals surface area contributed by atoms with Crippen molar-refractivity contribution in [2.75, 3.05) is 0 Å². The van der Waals surface area contributed by atoms with E-state index in [0.29, 0.717) is 21.6 Å². The number of aryl methyl sites for hydroxylation is 1. The topological polar surface area (TPSA) is 69.3 Å². The van der Waals surface area contributed by atoms with Crippen LogP contribution in [0.5, 0.6) is 5.75 Å². The monoisotopic (exact) mass is 407 g/mol. The number of rotatable bonds is 7. The molecule has 0 aliphatic carbocycles. The first-order chi connectivity index (χ1) is 13.0. The molecule has 3 rings (SSSR count). The number of ether oxygens (including phenoxy) is 1. The lowest BCUT2D eigenvalue weighted by atomic mass is 10.2. The molecule has 8 heteroatoms. The maximum atomic E-state index is 12.4. The van der Waals surface area contributed by atoms with Gasteiger partial charge in [-0.05, 0) is 44.2 Å². The third kappa shape index (κ3) is 4.46. The summed E-state index contributed by atoms with van der Waals surface area (Å²) in [5.74, 6) is 0.856. The lowest BCUT2D eigenvalue weighted by Gasteiger charge is -2.14. The summed E-state index contributed by atoms with van der Waals surface area (Å²) in [4.78, 5) is 12.4. The third-order valence-electron chi connectivity index (χ3n) is 4.01. The zero-order valence-corrected chi connectivity index (χ0v) is 16.4. The average Bonchev–Trinajstić information content (AvgIpc) is 3.32. The van der Waals surface area contributed by atoms with Crippen LogP contribution in [0.25, 0.3) is 0 Å². The van der Waals surface area contributed by atoms with E-state index >= 15 is 0 Å². The molecule has 1 aromatic carbocycles.